The van der Waals surface area contributed by atoms with Crippen molar-refractivity contribution in [3.63, 3.8) is 0 Å². The zero-order valence-corrected chi connectivity index (χ0v) is 17.1. The van der Waals surface area contributed by atoms with Gasteiger partial charge in [-0.15, -0.1) is 0 Å². The number of aromatic nitrogens is 1. The number of hydrogen-bond donors (Lipinski definition) is 2. The zero-order chi connectivity index (χ0) is 21.4. The van der Waals surface area contributed by atoms with Gasteiger partial charge in [0.2, 0.25) is 0 Å². The van der Waals surface area contributed by atoms with E-state index in [1.807, 2.05) is 36.4 Å². The fourth-order valence-electron chi connectivity index (χ4n) is 4.35. The molecular formula is C25H22FN3O2. The van der Waals surface area contributed by atoms with Gasteiger partial charge in [-0.25, -0.2) is 9.18 Å². The van der Waals surface area contributed by atoms with Crippen LogP contribution in [0.1, 0.15) is 22.9 Å². The van der Waals surface area contributed by atoms with Crippen molar-refractivity contribution in [2.75, 3.05) is 19.0 Å². The second-order valence-electron chi connectivity index (χ2n) is 7.62. The topological polar surface area (TPSA) is 57.4 Å². The summed E-state index contributed by atoms with van der Waals surface area (Å²) in [6, 6.07) is 21.3. The van der Waals surface area contributed by atoms with Gasteiger partial charge in [-0.1, -0.05) is 36.4 Å². The molecule has 1 aliphatic rings. The van der Waals surface area contributed by atoms with Crippen LogP contribution in [0, 0.1) is 5.82 Å². The number of carbonyl (C=O) groups excluding carboxylic acids is 1. The molecular weight excluding hydrogens is 393 g/mol. The van der Waals surface area contributed by atoms with Crippen LogP contribution in [0.4, 0.5) is 14.9 Å². The lowest BCUT2D eigenvalue weighted by Gasteiger charge is -2.36. The summed E-state index contributed by atoms with van der Waals surface area (Å²) in [5.74, 6) is 0.369. The third kappa shape index (κ3) is 3.50. The average Bonchev–Trinajstić information content (AvgIpc) is 3.17. The Morgan fingerprint density at radius 2 is 1.90 bits per heavy atom. The van der Waals surface area contributed by atoms with Gasteiger partial charge in [-0.3, -0.25) is 0 Å². The van der Waals surface area contributed by atoms with E-state index in [-0.39, 0.29) is 17.9 Å². The highest BCUT2D eigenvalue weighted by molar-refractivity contribution is 5.91. The van der Waals surface area contributed by atoms with Crippen LogP contribution in [0.2, 0.25) is 0 Å². The van der Waals surface area contributed by atoms with Crippen molar-refractivity contribution in [2.45, 2.75) is 12.5 Å². The molecule has 0 saturated heterocycles. The fraction of sp³-hybridized carbons (Fsp3) is 0.160. The molecule has 0 unspecified atom stereocenters. The predicted molar refractivity (Wildman–Crippen MR) is 119 cm³/mol. The number of hydrogen-bond acceptors (Lipinski definition) is 2. The fourth-order valence-corrected chi connectivity index (χ4v) is 4.35. The molecule has 6 heteroatoms. The number of aromatic amines is 1. The number of halogens is 1. The van der Waals surface area contributed by atoms with Crippen molar-refractivity contribution >= 4 is 22.6 Å². The van der Waals surface area contributed by atoms with Crippen LogP contribution in [0.15, 0.2) is 72.8 Å². The lowest BCUT2D eigenvalue weighted by atomic mass is 9.92. The number of nitrogens with zero attached hydrogens (tertiary/aromatic N) is 1. The Labute approximate surface area is 179 Å². The largest absolute Gasteiger partial charge is 0.497 e. The maximum Gasteiger partial charge on any atom is 0.322 e. The molecule has 0 fully saturated rings. The molecule has 0 saturated carbocycles. The van der Waals surface area contributed by atoms with Gasteiger partial charge in [0.1, 0.15) is 11.6 Å². The van der Waals surface area contributed by atoms with Gasteiger partial charge in [-0.2, -0.15) is 0 Å². The van der Waals surface area contributed by atoms with Gasteiger partial charge >= 0.3 is 6.03 Å². The molecule has 2 N–H and O–H groups in total. The van der Waals surface area contributed by atoms with Crippen molar-refractivity contribution in [3.05, 3.63) is 95.4 Å². The standard InChI is InChI=1S/C25H22FN3O2/c1-31-19-11-9-16(10-12-19)24-23-21(20-7-2-3-8-22(20)28-23)13-14-29(24)25(30)27-18-6-4-5-17(26)15-18/h2-12,15,24,28H,13-14H2,1H3,(H,27,30)/t24-/m1/s1. The molecule has 1 aromatic heterocycles. The van der Waals surface area contributed by atoms with Gasteiger partial charge in [0.15, 0.2) is 0 Å². The number of methoxy groups -OCH3 is 1. The van der Waals surface area contributed by atoms with Crippen LogP contribution in [0.3, 0.4) is 0 Å². The number of para-hydroxylation sites is 1. The number of carbonyl (C=O) groups is 1. The number of amides is 2. The molecule has 0 bridgehead atoms. The van der Waals surface area contributed by atoms with Crippen molar-refractivity contribution in [3.8, 4) is 5.75 Å². The summed E-state index contributed by atoms with van der Waals surface area (Å²) >= 11 is 0. The molecule has 5 rings (SSSR count). The van der Waals surface area contributed by atoms with E-state index >= 15 is 0 Å². The third-order valence-corrected chi connectivity index (χ3v) is 5.80. The Hall–Kier alpha value is -3.80. The minimum absolute atomic E-state index is 0.268. The van der Waals surface area contributed by atoms with Gasteiger partial charge in [0.05, 0.1) is 13.2 Å². The highest BCUT2D eigenvalue weighted by atomic mass is 19.1. The number of nitrogens with one attached hydrogen (secondary N) is 2. The van der Waals surface area contributed by atoms with E-state index in [0.717, 1.165) is 28.9 Å². The Kier molecular flexibility index (Phi) is 4.82. The van der Waals surface area contributed by atoms with Crippen LogP contribution < -0.4 is 10.1 Å². The number of fused-ring (bicyclic) bond motifs is 3. The van der Waals surface area contributed by atoms with Gasteiger partial charge < -0.3 is 19.9 Å². The lowest BCUT2D eigenvalue weighted by molar-refractivity contribution is 0.193. The lowest BCUT2D eigenvalue weighted by Crippen LogP contribution is -2.43. The van der Waals surface area contributed by atoms with Crippen molar-refractivity contribution in [1.29, 1.82) is 0 Å². The summed E-state index contributed by atoms with van der Waals surface area (Å²) in [5, 5.41) is 4.03. The maximum atomic E-state index is 13.6. The predicted octanol–water partition coefficient (Wildman–Crippen LogP) is 5.50. The third-order valence-electron chi connectivity index (χ3n) is 5.80. The molecule has 5 nitrogen and oxygen atoms in total. The van der Waals surface area contributed by atoms with Crippen molar-refractivity contribution in [1.82, 2.24) is 9.88 Å². The molecule has 0 aliphatic carbocycles. The van der Waals surface area contributed by atoms with E-state index in [2.05, 4.69) is 22.4 Å². The first-order valence-corrected chi connectivity index (χ1v) is 10.2. The smallest absolute Gasteiger partial charge is 0.322 e. The molecule has 31 heavy (non-hydrogen) atoms. The Morgan fingerprint density at radius 3 is 2.68 bits per heavy atom. The second kappa shape index (κ2) is 7.80. The summed E-state index contributed by atoms with van der Waals surface area (Å²) in [6.45, 7) is 0.548. The van der Waals surface area contributed by atoms with Crippen LogP contribution in [0.5, 0.6) is 5.75 Å². The Bertz CT molecular complexity index is 1250. The quantitative estimate of drug-likeness (QED) is 0.465. The summed E-state index contributed by atoms with van der Waals surface area (Å²) in [6.07, 6.45) is 0.739. The highest BCUT2D eigenvalue weighted by Crippen LogP contribution is 2.39. The molecule has 4 aromatic rings. The second-order valence-corrected chi connectivity index (χ2v) is 7.62. The first-order chi connectivity index (χ1) is 15.1. The molecule has 0 spiro atoms. The van der Waals surface area contributed by atoms with E-state index < -0.39 is 0 Å². The molecule has 0 radical (unpaired) electrons. The highest BCUT2D eigenvalue weighted by Gasteiger charge is 2.34. The first kappa shape index (κ1) is 19.2. The normalized spacial score (nSPS) is 15.5. The van der Waals surface area contributed by atoms with Crippen LogP contribution in [-0.2, 0) is 6.42 Å². The van der Waals surface area contributed by atoms with E-state index in [4.69, 9.17) is 4.74 Å². The van der Waals surface area contributed by atoms with Gasteiger partial charge in [0, 0.05) is 28.8 Å². The number of ether oxygens (including phenoxy) is 1. The van der Waals surface area contributed by atoms with Crippen molar-refractivity contribution in [2.24, 2.45) is 0 Å². The van der Waals surface area contributed by atoms with Gasteiger partial charge in [-0.05, 0) is 53.9 Å². The summed E-state index contributed by atoms with van der Waals surface area (Å²) < 4.78 is 18.9. The van der Waals surface area contributed by atoms with Crippen LogP contribution in [-0.4, -0.2) is 29.6 Å². The van der Waals surface area contributed by atoms with Gasteiger partial charge in [0.25, 0.3) is 0 Å². The van der Waals surface area contributed by atoms with Crippen molar-refractivity contribution < 1.29 is 13.9 Å². The number of rotatable bonds is 3. The summed E-state index contributed by atoms with van der Waals surface area (Å²) in [7, 11) is 1.63. The molecule has 3 aromatic carbocycles. The minimum Gasteiger partial charge on any atom is -0.497 e. The zero-order valence-electron chi connectivity index (χ0n) is 17.1. The SMILES string of the molecule is COc1ccc([C@@H]2c3[nH]c4ccccc4c3CCN2C(=O)Nc2cccc(F)c2)cc1. The number of anilines is 1. The van der Waals surface area contributed by atoms with Crippen LogP contribution in [0.25, 0.3) is 10.9 Å². The summed E-state index contributed by atoms with van der Waals surface area (Å²) in [4.78, 5) is 18.6. The summed E-state index contributed by atoms with van der Waals surface area (Å²) in [5.41, 5.74) is 4.69. The number of benzene rings is 3. The Morgan fingerprint density at radius 1 is 1.10 bits per heavy atom. The van der Waals surface area contributed by atoms with E-state index in [9.17, 15) is 9.18 Å². The van der Waals surface area contributed by atoms with E-state index in [0.29, 0.717) is 12.2 Å². The average molecular weight is 415 g/mol. The first-order valence-electron chi connectivity index (χ1n) is 10.2. The van der Waals surface area contributed by atoms with Crippen LogP contribution >= 0.6 is 0 Å². The van der Waals surface area contributed by atoms with E-state index in [1.54, 1.807) is 24.1 Å². The van der Waals surface area contributed by atoms with E-state index in [1.165, 1.54) is 23.1 Å². The minimum atomic E-state index is -0.388. The maximum absolute atomic E-state index is 13.6. The molecule has 1 aliphatic heterocycles. The molecule has 2 amide bonds. The Balaban J connectivity index is 1.57. The number of H-pyrrole nitrogens is 1. The monoisotopic (exact) mass is 415 g/mol. The molecule has 1 atom stereocenters. The number of urea groups is 1. The molecule has 156 valence electrons. The molecule has 2 heterocycles.